The molecule has 3 aliphatic carbocycles. The van der Waals surface area contributed by atoms with Crippen molar-refractivity contribution in [2.45, 2.75) is 112 Å². The number of alkyl halides is 2. The SMILES string of the molecule is C.COC[C@H](C1CC1)n1cc(C#N)nc(Nc2cc(C)c(OC(F)F)nc2C)c1=O.COC[C@H](C1CC1)n1cc(C#N)nc(Nc2cc(C)c(OC)nc2C)c1=O.COC[C@H](C1CC1)n1cc(Cl)nc(Nc2cc(C)c(OC)nc2C)c1=O. The number of aromatic nitrogens is 9. The monoisotopic (exact) mass is 1170 g/mol. The molecule has 3 atom stereocenters. The third-order valence-corrected chi connectivity index (χ3v) is 14.2. The van der Waals surface area contributed by atoms with E-state index in [4.69, 9.17) is 35.3 Å². The van der Waals surface area contributed by atoms with Gasteiger partial charge in [0.2, 0.25) is 17.6 Å². The van der Waals surface area contributed by atoms with Crippen molar-refractivity contribution in [3.05, 3.63) is 118 Å². The minimum Gasteiger partial charge on any atom is -0.481 e. The smallest absolute Gasteiger partial charge is 0.388 e. The average molecular weight is 1170 g/mol. The van der Waals surface area contributed by atoms with Crippen molar-refractivity contribution in [3.63, 3.8) is 0 Å². The quantitative estimate of drug-likeness (QED) is 0.0570. The number of hydrogen-bond donors (Lipinski definition) is 3. The van der Waals surface area contributed by atoms with E-state index in [-0.39, 0.29) is 76.5 Å². The van der Waals surface area contributed by atoms with E-state index in [0.717, 1.165) is 49.7 Å². The van der Waals surface area contributed by atoms with Crippen molar-refractivity contribution >= 4 is 46.1 Å². The molecule has 23 nitrogen and oxygen atoms in total. The molecule has 0 unspecified atom stereocenters. The van der Waals surface area contributed by atoms with Gasteiger partial charge in [0.1, 0.15) is 17.3 Å². The van der Waals surface area contributed by atoms with Gasteiger partial charge >= 0.3 is 6.61 Å². The van der Waals surface area contributed by atoms with Crippen LogP contribution in [-0.2, 0) is 14.2 Å². The third kappa shape index (κ3) is 16.1. The number of methoxy groups -OCH3 is 5. The maximum atomic E-state index is 13.0. The Labute approximate surface area is 485 Å². The second-order valence-corrected chi connectivity index (χ2v) is 20.6. The molecule has 6 aromatic rings. The largest absolute Gasteiger partial charge is 0.481 e. The fraction of sp³-hybridized carbons (Fsp3) is 0.491. The Morgan fingerprint density at radius 1 is 0.542 bits per heavy atom. The molecule has 444 valence electrons. The van der Waals surface area contributed by atoms with Crippen LogP contribution >= 0.6 is 11.6 Å². The van der Waals surface area contributed by atoms with E-state index in [1.807, 2.05) is 52.0 Å². The van der Waals surface area contributed by atoms with E-state index in [1.54, 1.807) is 64.7 Å². The first-order valence-electron chi connectivity index (χ1n) is 26.4. The van der Waals surface area contributed by atoms with E-state index >= 15 is 0 Å². The maximum Gasteiger partial charge on any atom is 0.388 e. The van der Waals surface area contributed by atoms with E-state index in [9.17, 15) is 33.7 Å². The predicted molar refractivity (Wildman–Crippen MR) is 308 cm³/mol. The summed E-state index contributed by atoms with van der Waals surface area (Å²) in [6.45, 7) is 8.81. The first-order valence-corrected chi connectivity index (χ1v) is 26.7. The van der Waals surface area contributed by atoms with Crippen LogP contribution in [0.25, 0.3) is 0 Å². The first kappa shape index (κ1) is 64.1. The zero-order valence-corrected chi connectivity index (χ0v) is 48.4. The van der Waals surface area contributed by atoms with E-state index in [2.05, 4.69) is 50.6 Å². The third-order valence-electron chi connectivity index (χ3n) is 14.0. The number of nitriles is 2. The van der Waals surface area contributed by atoms with Crippen LogP contribution in [-0.4, -0.2) is 106 Å². The molecule has 0 aromatic carbocycles. The molecule has 9 rings (SSSR count). The van der Waals surface area contributed by atoms with Gasteiger partial charge in [-0.25, -0.2) is 29.9 Å². The van der Waals surface area contributed by atoms with E-state index in [1.165, 1.54) is 23.0 Å². The van der Waals surface area contributed by atoms with Crippen LogP contribution in [0.3, 0.4) is 0 Å². The standard InChI is InChI=1S/C19H21F2N5O3.C19H23N5O3.C18H23ClN4O3.CH4/c1-10-6-14(11(2)23-17(10)29-19(20)21)25-16-18(27)26(8-13(7-22)24-16)15(9-28-3)12-4-5-12;1-11-7-15(12(2)21-18(11)27-4)23-17-19(25)24(9-14(8-20)22-17)16(10-26-3)13-5-6-13;1-10-7-13(11(2)20-17(10)26-4)21-16-18(24)23(8-15(19)22-16)14(9-25-3)12-5-6-12;/h6,8,12,15,19H,4-5,9H2,1-3H3,(H,24,25);7,9,13,16H,5-6,10H2,1-4H3,(H,22,23);7-8,12,14H,5-6,9H2,1-4H3,(H,21,22);1H4/t15-;16-;14-;/m111./s1. The highest BCUT2D eigenvalue weighted by Gasteiger charge is 2.36. The van der Waals surface area contributed by atoms with Gasteiger partial charge in [0.25, 0.3) is 16.7 Å². The molecule has 0 amide bonds. The van der Waals surface area contributed by atoms with Gasteiger partial charge in [-0.3, -0.25) is 14.4 Å². The molecule has 0 bridgehead atoms. The minimum absolute atomic E-state index is 0. The normalized spacial score (nSPS) is 14.5. The molecule has 83 heavy (non-hydrogen) atoms. The molecule has 3 saturated carbocycles. The summed E-state index contributed by atoms with van der Waals surface area (Å²) in [6.07, 6.45) is 10.8. The van der Waals surface area contributed by atoms with Crippen LogP contribution in [0.1, 0.15) is 109 Å². The predicted octanol–water partition coefficient (Wildman–Crippen LogP) is 9.44. The first-order chi connectivity index (χ1) is 39.2. The molecular weight excluding hydrogens is 1100 g/mol. The molecule has 0 saturated heterocycles. The highest BCUT2D eigenvalue weighted by atomic mass is 35.5. The Morgan fingerprint density at radius 2 is 0.855 bits per heavy atom. The lowest BCUT2D eigenvalue weighted by Crippen LogP contribution is -2.31. The van der Waals surface area contributed by atoms with Gasteiger partial charge in [-0.2, -0.15) is 19.3 Å². The number of nitrogens with zero attached hydrogens (tertiary/aromatic N) is 11. The van der Waals surface area contributed by atoms with Gasteiger partial charge in [0.15, 0.2) is 28.8 Å². The zero-order valence-electron chi connectivity index (χ0n) is 47.6. The Hall–Kier alpha value is -8.10. The van der Waals surface area contributed by atoms with Gasteiger partial charge < -0.3 is 58.1 Å². The zero-order chi connectivity index (χ0) is 59.5. The van der Waals surface area contributed by atoms with Crippen LogP contribution < -0.4 is 46.8 Å². The van der Waals surface area contributed by atoms with Gasteiger partial charge in [0.05, 0.1) is 86.3 Å². The second-order valence-electron chi connectivity index (χ2n) is 20.2. The summed E-state index contributed by atoms with van der Waals surface area (Å²) in [4.78, 5) is 64.3. The second kappa shape index (κ2) is 28.7. The summed E-state index contributed by atoms with van der Waals surface area (Å²) in [7, 11) is 7.95. The Kier molecular flexibility index (Phi) is 22.2. The number of nitrogens with one attached hydrogen (secondary N) is 3. The summed E-state index contributed by atoms with van der Waals surface area (Å²) in [6, 6.07) is 8.93. The maximum absolute atomic E-state index is 13.0. The highest BCUT2D eigenvalue weighted by Crippen LogP contribution is 2.42. The van der Waals surface area contributed by atoms with Crippen molar-refractivity contribution in [3.8, 4) is 29.8 Å². The van der Waals surface area contributed by atoms with E-state index in [0.29, 0.717) is 89.0 Å². The molecule has 0 radical (unpaired) electrons. The number of hydrogen-bond acceptors (Lipinski definition) is 20. The van der Waals surface area contributed by atoms with Crippen molar-refractivity contribution in [1.82, 2.24) is 43.6 Å². The van der Waals surface area contributed by atoms with Crippen molar-refractivity contribution in [2.24, 2.45) is 17.8 Å². The fourth-order valence-corrected chi connectivity index (χ4v) is 9.49. The van der Waals surface area contributed by atoms with Crippen molar-refractivity contribution < 1.29 is 37.2 Å². The summed E-state index contributed by atoms with van der Waals surface area (Å²) in [5.74, 6) is 2.26. The minimum atomic E-state index is -2.99. The number of aryl methyl sites for hydroxylation is 6. The molecule has 0 spiro atoms. The van der Waals surface area contributed by atoms with Gasteiger partial charge in [-0.15, -0.1) is 0 Å². The number of pyridine rings is 3. The molecule has 26 heteroatoms. The number of ether oxygens (including phenoxy) is 6. The molecule has 6 heterocycles. The van der Waals surface area contributed by atoms with Gasteiger partial charge in [0, 0.05) is 56.6 Å². The van der Waals surface area contributed by atoms with Crippen LogP contribution in [0.5, 0.6) is 17.6 Å². The lowest BCUT2D eigenvalue weighted by atomic mass is 10.2. The Morgan fingerprint density at radius 3 is 1.16 bits per heavy atom. The average Bonchev–Trinajstić information content (AvgIpc) is 4.40. The molecule has 3 fully saturated rings. The number of halogens is 3. The lowest BCUT2D eigenvalue weighted by molar-refractivity contribution is -0.0533. The van der Waals surface area contributed by atoms with Crippen LogP contribution in [0.2, 0.25) is 5.15 Å². The molecular formula is C57H71ClF2N14O9. The topological polar surface area (TPSA) is 282 Å². The van der Waals surface area contributed by atoms with Gasteiger partial charge in [-0.1, -0.05) is 19.0 Å². The number of anilines is 6. The summed E-state index contributed by atoms with van der Waals surface area (Å²) in [5, 5.41) is 28.0. The Bertz CT molecular complexity index is 3540. The number of rotatable bonds is 22. The molecule has 6 aromatic heterocycles. The molecule has 3 aliphatic rings. The van der Waals surface area contributed by atoms with Crippen LogP contribution in [0.15, 0.2) is 51.2 Å². The summed E-state index contributed by atoms with van der Waals surface area (Å²) in [5.41, 5.74) is 4.87. The van der Waals surface area contributed by atoms with E-state index < -0.39 is 12.2 Å². The van der Waals surface area contributed by atoms with Crippen LogP contribution in [0, 0.1) is 82.0 Å². The fourth-order valence-electron chi connectivity index (χ4n) is 9.31. The summed E-state index contributed by atoms with van der Waals surface area (Å²) < 4.78 is 60.4. The van der Waals surface area contributed by atoms with Crippen molar-refractivity contribution in [1.29, 1.82) is 10.5 Å². The van der Waals surface area contributed by atoms with Crippen LogP contribution in [0.4, 0.5) is 43.3 Å². The van der Waals surface area contributed by atoms with Crippen molar-refractivity contribution in [2.75, 3.05) is 71.3 Å². The molecule has 3 N–H and O–H groups in total. The lowest BCUT2D eigenvalue weighted by Gasteiger charge is -2.20. The molecule has 0 aliphatic heterocycles. The highest BCUT2D eigenvalue weighted by molar-refractivity contribution is 6.29. The summed E-state index contributed by atoms with van der Waals surface area (Å²) >= 11 is 6.19. The Balaban J connectivity index is 0.000000199. The van der Waals surface area contributed by atoms with Gasteiger partial charge in [-0.05, 0) is 116 Å².